The van der Waals surface area contributed by atoms with Gasteiger partial charge < -0.3 is 5.11 Å². The third-order valence-corrected chi connectivity index (χ3v) is 1.29. The van der Waals surface area contributed by atoms with Gasteiger partial charge in [0.2, 0.25) is 0 Å². The van der Waals surface area contributed by atoms with Crippen LogP contribution in [0.15, 0.2) is 23.4 Å². The Morgan fingerprint density at radius 2 is 2.17 bits per heavy atom. The van der Waals surface area contributed by atoms with Crippen molar-refractivity contribution in [1.29, 1.82) is 0 Å². The molecule has 0 unspecified atom stereocenters. The summed E-state index contributed by atoms with van der Waals surface area (Å²) in [5.74, 6) is -2.08. The van der Waals surface area contributed by atoms with Gasteiger partial charge in [0, 0.05) is 0 Å². The smallest absolute Gasteiger partial charge is 0.338 e. The normalized spacial score (nSPS) is 9.42. The fourth-order valence-corrected chi connectivity index (χ4v) is 0.759. The molecule has 0 amide bonds. The Hall–Kier alpha value is -1.78. The molecule has 1 N–H and O–H groups in total. The lowest BCUT2D eigenvalue weighted by Crippen LogP contribution is -1.96. The fourth-order valence-electron chi connectivity index (χ4n) is 0.759. The molecule has 0 aliphatic rings. The Balaban J connectivity index is 3.30. The number of nitroso groups, excluding NO2 is 1. The number of aromatic carboxylic acids is 1. The maximum Gasteiger partial charge on any atom is 0.338 e. The van der Waals surface area contributed by atoms with E-state index in [1.54, 1.807) is 0 Å². The van der Waals surface area contributed by atoms with Crippen LogP contribution in [0.25, 0.3) is 0 Å². The largest absolute Gasteiger partial charge is 0.478 e. The molecule has 1 rings (SSSR count). The van der Waals surface area contributed by atoms with Crippen LogP contribution in [0.3, 0.4) is 0 Å². The molecule has 0 radical (unpaired) electrons. The standard InChI is InChI=1S/C7H4FNO3/c8-4-1-2-6(9-12)5(3-4)7(10)11/h1-3H,(H,10,11). The van der Waals surface area contributed by atoms with E-state index in [1.807, 2.05) is 0 Å². The van der Waals surface area contributed by atoms with Gasteiger partial charge in [-0.15, -0.1) is 4.91 Å². The molecule has 0 aliphatic heterocycles. The van der Waals surface area contributed by atoms with Gasteiger partial charge in [-0.25, -0.2) is 9.18 Å². The fraction of sp³-hybridized carbons (Fsp3) is 0. The van der Waals surface area contributed by atoms with E-state index in [0.717, 1.165) is 18.2 Å². The van der Waals surface area contributed by atoms with Crippen LogP contribution in [0.2, 0.25) is 0 Å². The Morgan fingerprint density at radius 1 is 1.50 bits per heavy atom. The van der Waals surface area contributed by atoms with Gasteiger partial charge in [-0.1, -0.05) is 0 Å². The molecule has 12 heavy (non-hydrogen) atoms. The van der Waals surface area contributed by atoms with Crippen LogP contribution in [0.5, 0.6) is 0 Å². The predicted molar refractivity (Wildman–Crippen MR) is 38.8 cm³/mol. The van der Waals surface area contributed by atoms with Crippen molar-refractivity contribution in [2.24, 2.45) is 5.18 Å². The van der Waals surface area contributed by atoms with Gasteiger partial charge >= 0.3 is 5.97 Å². The molecule has 5 heteroatoms. The molecule has 0 aliphatic carbocycles. The van der Waals surface area contributed by atoms with E-state index in [0.29, 0.717) is 0 Å². The number of halogens is 1. The lowest BCUT2D eigenvalue weighted by atomic mass is 10.2. The molecule has 0 bridgehead atoms. The van der Waals surface area contributed by atoms with Crippen molar-refractivity contribution in [2.75, 3.05) is 0 Å². The third kappa shape index (κ3) is 1.45. The average Bonchev–Trinajstić information content (AvgIpc) is 2.04. The number of rotatable bonds is 2. The van der Waals surface area contributed by atoms with Crippen LogP contribution < -0.4 is 0 Å². The van der Waals surface area contributed by atoms with Crippen LogP contribution in [-0.2, 0) is 0 Å². The predicted octanol–water partition coefficient (Wildman–Crippen LogP) is 1.92. The monoisotopic (exact) mass is 169 g/mol. The summed E-state index contributed by atoms with van der Waals surface area (Å²) in [7, 11) is 0. The summed E-state index contributed by atoms with van der Waals surface area (Å²) in [6, 6.07) is 2.74. The molecule has 0 atom stereocenters. The highest BCUT2D eigenvalue weighted by Crippen LogP contribution is 2.19. The van der Waals surface area contributed by atoms with Gasteiger partial charge in [-0.3, -0.25) is 0 Å². The highest BCUT2D eigenvalue weighted by Gasteiger charge is 2.10. The number of carbonyl (C=O) groups is 1. The lowest BCUT2D eigenvalue weighted by Gasteiger charge is -1.96. The number of hydrogen-bond donors (Lipinski definition) is 1. The second-order valence-electron chi connectivity index (χ2n) is 2.06. The van der Waals surface area contributed by atoms with Crippen molar-refractivity contribution in [3.8, 4) is 0 Å². The highest BCUT2D eigenvalue weighted by molar-refractivity contribution is 5.93. The number of carboxylic acids is 1. The number of hydrogen-bond acceptors (Lipinski definition) is 3. The van der Waals surface area contributed by atoms with E-state index >= 15 is 0 Å². The van der Waals surface area contributed by atoms with Crippen molar-refractivity contribution in [3.05, 3.63) is 34.5 Å². The Kier molecular flexibility index (Phi) is 2.14. The SMILES string of the molecule is O=Nc1ccc(F)cc1C(=O)O. The van der Waals surface area contributed by atoms with Crippen LogP contribution in [0.4, 0.5) is 10.1 Å². The van der Waals surface area contributed by atoms with E-state index < -0.39 is 17.3 Å². The number of carboxylic acid groups (broad SMARTS) is 1. The Morgan fingerprint density at radius 3 is 2.67 bits per heavy atom. The first-order chi connectivity index (χ1) is 5.65. The quantitative estimate of drug-likeness (QED) is 0.687. The molecule has 0 spiro atoms. The first-order valence-corrected chi connectivity index (χ1v) is 3.01. The van der Waals surface area contributed by atoms with Crippen molar-refractivity contribution < 1.29 is 14.3 Å². The summed E-state index contributed by atoms with van der Waals surface area (Å²) < 4.78 is 12.4. The molecular formula is C7H4FNO3. The Bertz CT molecular complexity index is 337. The van der Waals surface area contributed by atoms with Gasteiger partial charge in [-0.2, -0.15) is 0 Å². The van der Waals surface area contributed by atoms with Crippen molar-refractivity contribution >= 4 is 11.7 Å². The molecular weight excluding hydrogens is 165 g/mol. The summed E-state index contributed by atoms with van der Waals surface area (Å²) in [5.41, 5.74) is -0.700. The van der Waals surface area contributed by atoms with Crippen molar-refractivity contribution in [3.63, 3.8) is 0 Å². The van der Waals surface area contributed by atoms with Crippen LogP contribution >= 0.6 is 0 Å². The number of benzene rings is 1. The molecule has 0 saturated carbocycles. The average molecular weight is 169 g/mol. The zero-order valence-electron chi connectivity index (χ0n) is 5.82. The minimum absolute atomic E-state index is 0.274. The first-order valence-electron chi connectivity index (χ1n) is 3.01. The molecule has 1 aromatic carbocycles. The summed E-state index contributed by atoms with van der Waals surface area (Å²) in [6.45, 7) is 0. The Labute approximate surface area is 66.6 Å². The third-order valence-electron chi connectivity index (χ3n) is 1.29. The van der Waals surface area contributed by atoms with Gasteiger partial charge in [0.1, 0.15) is 11.5 Å². The minimum Gasteiger partial charge on any atom is -0.478 e. The molecule has 1 aromatic rings. The van der Waals surface area contributed by atoms with Crippen molar-refractivity contribution in [1.82, 2.24) is 0 Å². The molecule has 62 valence electrons. The zero-order valence-corrected chi connectivity index (χ0v) is 5.82. The molecule has 4 nitrogen and oxygen atoms in total. The number of nitrogens with zero attached hydrogens (tertiary/aromatic N) is 1. The van der Waals surface area contributed by atoms with E-state index in [1.165, 1.54) is 0 Å². The second-order valence-corrected chi connectivity index (χ2v) is 2.06. The van der Waals surface area contributed by atoms with E-state index in [2.05, 4.69) is 5.18 Å². The molecule has 0 fully saturated rings. The summed E-state index contributed by atoms with van der Waals surface area (Å²) in [5, 5.41) is 10.9. The van der Waals surface area contributed by atoms with Gasteiger partial charge in [0.15, 0.2) is 0 Å². The summed E-state index contributed by atoms with van der Waals surface area (Å²) in [6.07, 6.45) is 0. The minimum atomic E-state index is -1.37. The van der Waals surface area contributed by atoms with E-state index in [9.17, 15) is 14.1 Å². The van der Waals surface area contributed by atoms with Crippen LogP contribution in [-0.4, -0.2) is 11.1 Å². The van der Waals surface area contributed by atoms with Crippen molar-refractivity contribution in [2.45, 2.75) is 0 Å². The zero-order chi connectivity index (χ0) is 9.14. The van der Waals surface area contributed by atoms with Crippen LogP contribution in [0, 0.1) is 10.7 Å². The molecule has 0 heterocycles. The second kappa shape index (κ2) is 3.08. The van der Waals surface area contributed by atoms with Crippen LogP contribution in [0.1, 0.15) is 10.4 Å². The maximum atomic E-state index is 12.4. The van der Waals surface area contributed by atoms with Gasteiger partial charge in [0.25, 0.3) is 0 Å². The van der Waals surface area contributed by atoms with Gasteiger partial charge in [0.05, 0.1) is 5.56 Å². The molecule has 0 aromatic heterocycles. The lowest BCUT2D eigenvalue weighted by molar-refractivity contribution is 0.0697. The van der Waals surface area contributed by atoms with E-state index in [-0.39, 0.29) is 5.69 Å². The van der Waals surface area contributed by atoms with Gasteiger partial charge in [-0.05, 0) is 23.4 Å². The van der Waals surface area contributed by atoms with E-state index in [4.69, 9.17) is 5.11 Å². The first kappa shape index (κ1) is 8.32. The highest BCUT2D eigenvalue weighted by atomic mass is 19.1. The topological polar surface area (TPSA) is 66.7 Å². The summed E-state index contributed by atoms with van der Waals surface area (Å²) in [4.78, 5) is 20.4. The maximum absolute atomic E-state index is 12.4. The molecule has 0 saturated heterocycles. The summed E-state index contributed by atoms with van der Waals surface area (Å²) >= 11 is 0.